The van der Waals surface area contributed by atoms with Crippen molar-refractivity contribution in [3.05, 3.63) is 22.5 Å². The lowest BCUT2D eigenvalue weighted by Crippen LogP contribution is -2.29. The van der Waals surface area contributed by atoms with E-state index in [1.165, 1.54) is 14.0 Å². The molecule has 0 atom stereocenters. The van der Waals surface area contributed by atoms with Crippen LogP contribution >= 0.6 is 0 Å². The molecule has 0 saturated carbocycles. The second-order valence-electron chi connectivity index (χ2n) is 5.40. The number of ketones is 1. The minimum absolute atomic E-state index is 0.00523. The molecule has 1 aromatic heterocycles. The molecule has 1 amide bonds. The van der Waals surface area contributed by atoms with Crippen molar-refractivity contribution in [1.82, 2.24) is 10.3 Å². The number of nitrogens with one attached hydrogen (secondary N) is 2. The molecule has 6 nitrogen and oxygen atoms in total. The van der Waals surface area contributed by atoms with E-state index in [2.05, 4.69) is 10.3 Å². The first-order valence-corrected chi connectivity index (χ1v) is 6.85. The van der Waals surface area contributed by atoms with Gasteiger partial charge in [0, 0.05) is 19.2 Å². The Hall–Kier alpha value is -2.11. The van der Waals surface area contributed by atoms with Gasteiger partial charge in [-0.3, -0.25) is 9.59 Å². The summed E-state index contributed by atoms with van der Waals surface area (Å²) in [6.07, 6.45) is 0.00523. The number of carbonyl (C=O) groups is 3. The third-order valence-electron chi connectivity index (χ3n) is 3.11. The Morgan fingerprint density at radius 1 is 1.29 bits per heavy atom. The van der Waals surface area contributed by atoms with E-state index >= 15 is 0 Å². The number of aromatic amines is 1. The monoisotopic (exact) mass is 294 g/mol. The van der Waals surface area contributed by atoms with Gasteiger partial charge in [-0.1, -0.05) is 13.8 Å². The molecule has 0 aliphatic carbocycles. The van der Waals surface area contributed by atoms with Gasteiger partial charge in [-0.25, -0.2) is 4.79 Å². The Kier molecular flexibility index (Phi) is 5.69. The molecule has 6 heteroatoms. The number of methoxy groups -OCH3 is 1. The van der Waals surface area contributed by atoms with Gasteiger partial charge in [0.05, 0.1) is 24.8 Å². The van der Waals surface area contributed by atoms with Gasteiger partial charge in [0.15, 0.2) is 5.78 Å². The fourth-order valence-corrected chi connectivity index (χ4v) is 2.06. The smallest absolute Gasteiger partial charge is 0.339 e. The maximum absolute atomic E-state index is 11.9. The minimum atomic E-state index is -0.553. The number of hydrogen-bond donors (Lipinski definition) is 2. The molecule has 0 aromatic carbocycles. The molecular formula is C15H22N2O4. The van der Waals surface area contributed by atoms with Crippen molar-refractivity contribution < 1.29 is 19.1 Å². The minimum Gasteiger partial charge on any atom is -0.465 e. The third-order valence-corrected chi connectivity index (χ3v) is 3.11. The number of H-pyrrole nitrogens is 1. The Labute approximate surface area is 124 Å². The number of carbonyl (C=O) groups excluding carboxylic acids is 3. The van der Waals surface area contributed by atoms with Gasteiger partial charge < -0.3 is 15.0 Å². The third kappa shape index (κ3) is 4.18. The number of aromatic nitrogens is 1. The van der Waals surface area contributed by atoms with Crippen LogP contribution < -0.4 is 5.32 Å². The molecule has 0 spiro atoms. The van der Waals surface area contributed by atoms with E-state index in [9.17, 15) is 14.4 Å². The zero-order chi connectivity index (χ0) is 16.2. The van der Waals surface area contributed by atoms with Crippen LogP contribution in [-0.2, 0) is 16.0 Å². The van der Waals surface area contributed by atoms with Crippen LogP contribution in [0.25, 0.3) is 0 Å². The summed E-state index contributed by atoms with van der Waals surface area (Å²) in [5.41, 5.74) is 1.52. The van der Waals surface area contributed by atoms with E-state index in [4.69, 9.17) is 4.74 Å². The highest BCUT2D eigenvalue weighted by Crippen LogP contribution is 2.20. The Bertz CT molecular complexity index is 558. The van der Waals surface area contributed by atoms with Crippen LogP contribution in [0.5, 0.6) is 0 Å². The van der Waals surface area contributed by atoms with Gasteiger partial charge in [0.1, 0.15) is 0 Å². The fourth-order valence-electron chi connectivity index (χ4n) is 2.06. The first-order valence-electron chi connectivity index (χ1n) is 6.85. The summed E-state index contributed by atoms with van der Waals surface area (Å²) in [4.78, 5) is 38.2. The summed E-state index contributed by atoms with van der Waals surface area (Å²) in [5, 5.41) is 2.78. The van der Waals surface area contributed by atoms with Gasteiger partial charge in [-0.05, 0) is 18.4 Å². The van der Waals surface area contributed by atoms with Crippen LogP contribution in [0.1, 0.15) is 52.9 Å². The summed E-state index contributed by atoms with van der Waals surface area (Å²) in [6, 6.07) is 0. The standard InChI is InChI=1S/C15H22N2O4/c1-8(2)7-16-12(19)6-11-13(15(20)21-5)9(3)14(17-11)10(4)18/h8,17H,6-7H2,1-5H3,(H,16,19). The van der Waals surface area contributed by atoms with Crippen LogP contribution in [0.4, 0.5) is 0 Å². The predicted octanol–water partition coefficient (Wildman–Crippen LogP) is 1.63. The lowest BCUT2D eigenvalue weighted by Gasteiger charge is -2.08. The van der Waals surface area contributed by atoms with Gasteiger partial charge in [0.2, 0.25) is 5.91 Å². The Morgan fingerprint density at radius 2 is 1.90 bits per heavy atom. The highest BCUT2D eigenvalue weighted by Gasteiger charge is 2.24. The zero-order valence-corrected chi connectivity index (χ0v) is 13.1. The lowest BCUT2D eigenvalue weighted by molar-refractivity contribution is -0.120. The molecule has 0 aliphatic heterocycles. The Morgan fingerprint density at radius 3 is 2.38 bits per heavy atom. The second kappa shape index (κ2) is 7.06. The van der Waals surface area contributed by atoms with Crippen molar-refractivity contribution in [1.29, 1.82) is 0 Å². The number of amides is 1. The van der Waals surface area contributed by atoms with Crippen LogP contribution in [-0.4, -0.2) is 36.3 Å². The highest BCUT2D eigenvalue weighted by atomic mass is 16.5. The molecule has 1 rings (SSSR count). The van der Waals surface area contributed by atoms with E-state index in [0.717, 1.165) is 0 Å². The maximum atomic E-state index is 11.9. The Balaban J connectivity index is 3.05. The van der Waals surface area contributed by atoms with E-state index in [-0.39, 0.29) is 23.7 Å². The average Bonchev–Trinajstić information content (AvgIpc) is 2.72. The number of esters is 1. The van der Waals surface area contributed by atoms with Crippen LogP contribution in [0, 0.1) is 12.8 Å². The van der Waals surface area contributed by atoms with Crippen molar-refractivity contribution >= 4 is 17.7 Å². The van der Waals surface area contributed by atoms with Gasteiger partial charge in [-0.2, -0.15) is 0 Å². The van der Waals surface area contributed by atoms with Gasteiger partial charge >= 0.3 is 5.97 Å². The maximum Gasteiger partial charge on any atom is 0.339 e. The largest absolute Gasteiger partial charge is 0.465 e. The van der Waals surface area contributed by atoms with Crippen molar-refractivity contribution in [3.8, 4) is 0 Å². The molecular weight excluding hydrogens is 272 g/mol. The summed E-state index contributed by atoms with van der Waals surface area (Å²) < 4.78 is 4.73. The normalized spacial score (nSPS) is 10.6. The number of hydrogen-bond acceptors (Lipinski definition) is 4. The topological polar surface area (TPSA) is 88.3 Å². The molecule has 116 valence electrons. The molecule has 0 fully saturated rings. The van der Waals surface area contributed by atoms with Crippen molar-refractivity contribution in [3.63, 3.8) is 0 Å². The predicted molar refractivity (Wildman–Crippen MR) is 78.4 cm³/mol. The number of ether oxygens (including phenoxy) is 1. The molecule has 0 radical (unpaired) electrons. The summed E-state index contributed by atoms with van der Waals surface area (Å²) >= 11 is 0. The molecule has 1 heterocycles. The summed E-state index contributed by atoms with van der Waals surface area (Å²) in [5.74, 6) is -0.605. The van der Waals surface area contributed by atoms with Crippen molar-refractivity contribution in [2.24, 2.45) is 5.92 Å². The SMILES string of the molecule is COC(=O)c1c(CC(=O)NCC(C)C)[nH]c(C(C)=O)c1C. The fraction of sp³-hybridized carbons (Fsp3) is 0.533. The molecule has 0 aliphatic rings. The number of rotatable bonds is 6. The van der Waals surface area contributed by atoms with Gasteiger partial charge in [-0.15, -0.1) is 0 Å². The molecule has 0 saturated heterocycles. The lowest BCUT2D eigenvalue weighted by atomic mass is 10.1. The van der Waals surface area contributed by atoms with E-state index in [0.29, 0.717) is 29.4 Å². The quantitative estimate of drug-likeness (QED) is 0.616. The first kappa shape index (κ1) is 16.9. The van der Waals surface area contributed by atoms with Crippen LogP contribution in [0.15, 0.2) is 0 Å². The van der Waals surface area contributed by atoms with E-state index in [1.807, 2.05) is 13.8 Å². The summed E-state index contributed by atoms with van der Waals surface area (Å²) in [7, 11) is 1.27. The molecule has 2 N–H and O–H groups in total. The van der Waals surface area contributed by atoms with Crippen LogP contribution in [0.3, 0.4) is 0 Å². The van der Waals surface area contributed by atoms with Crippen LogP contribution in [0.2, 0.25) is 0 Å². The molecule has 0 bridgehead atoms. The second-order valence-corrected chi connectivity index (χ2v) is 5.40. The average molecular weight is 294 g/mol. The van der Waals surface area contributed by atoms with E-state index < -0.39 is 5.97 Å². The molecule has 1 aromatic rings. The van der Waals surface area contributed by atoms with Crippen molar-refractivity contribution in [2.75, 3.05) is 13.7 Å². The number of Topliss-reactive ketones (excluding diaryl/α,β-unsaturated/α-hetero) is 1. The molecule has 21 heavy (non-hydrogen) atoms. The van der Waals surface area contributed by atoms with Crippen molar-refractivity contribution in [2.45, 2.75) is 34.1 Å². The van der Waals surface area contributed by atoms with Gasteiger partial charge in [0.25, 0.3) is 0 Å². The first-order chi connectivity index (χ1) is 9.77. The molecule has 0 unspecified atom stereocenters. The summed E-state index contributed by atoms with van der Waals surface area (Å²) in [6.45, 7) is 7.61. The highest BCUT2D eigenvalue weighted by molar-refractivity contribution is 6.01. The van der Waals surface area contributed by atoms with E-state index in [1.54, 1.807) is 6.92 Å². The zero-order valence-electron chi connectivity index (χ0n) is 13.1.